The van der Waals surface area contributed by atoms with E-state index in [1.54, 1.807) is 0 Å². The van der Waals surface area contributed by atoms with Crippen molar-refractivity contribution in [1.29, 1.82) is 0 Å². The second-order valence-corrected chi connectivity index (χ2v) is 4.61. The lowest BCUT2D eigenvalue weighted by Gasteiger charge is -2.06. The summed E-state index contributed by atoms with van der Waals surface area (Å²) >= 11 is 0. The van der Waals surface area contributed by atoms with Crippen molar-refractivity contribution < 1.29 is 19.7 Å². The minimum Gasteiger partial charge on any atom is -0.508 e. The van der Waals surface area contributed by atoms with Crippen LogP contribution in [0.15, 0.2) is 50.8 Å². The van der Waals surface area contributed by atoms with E-state index in [1.807, 2.05) is 0 Å². The number of nitroso groups, excluding NO2 is 1. The molecule has 2 aromatic carbocycles. The number of nitrogens with zero attached hydrogens (tertiary/aromatic N) is 1. The molecule has 0 spiro atoms. The average molecular weight is 299 g/mol. The first kappa shape index (κ1) is 13.6. The third-order valence-corrected chi connectivity index (χ3v) is 3.15. The molecule has 7 heteroatoms. The molecule has 0 saturated carbocycles. The topological polar surface area (TPSA) is 120 Å². The smallest absolute Gasteiger partial charge is 0.197 e. The van der Waals surface area contributed by atoms with E-state index >= 15 is 0 Å². The van der Waals surface area contributed by atoms with Gasteiger partial charge >= 0.3 is 0 Å². The number of hydrogen-bond donors (Lipinski definition) is 3. The molecule has 3 rings (SSSR count). The van der Waals surface area contributed by atoms with Gasteiger partial charge in [-0.25, -0.2) is 0 Å². The fraction of sp³-hybridized carbons (Fsp3) is 0. The van der Waals surface area contributed by atoms with Crippen LogP contribution in [0.3, 0.4) is 0 Å². The number of phenolic OH excluding ortho intramolecular Hbond substituents is 3. The van der Waals surface area contributed by atoms with Crippen LogP contribution >= 0.6 is 0 Å². The maximum Gasteiger partial charge on any atom is 0.197 e. The molecule has 0 radical (unpaired) electrons. The largest absolute Gasteiger partial charge is 0.508 e. The minimum absolute atomic E-state index is 0.00270. The number of rotatable bonds is 2. The van der Waals surface area contributed by atoms with Gasteiger partial charge in [0.05, 0.1) is 0 Å². The van der Waals surface area contributed by atoms with Crippen LogP contribution < -0.4 is 5.43 Å². The zero-order valence-electron chi connectivity index (χ0n) is 11.0. The fourth-order valence-electron chi connectivity index (χ4n) is 2.15. The van der Waals surface area contributed by atoms with Crippen LogP contribution in [0.5, 0.6) is 17.2 Å². The summed E-state index contributed by atoms with van der Waals surface area (Å²) < 4.78 is 5.48. The molecule has 3 aromatic rings. The van der Waals surface area contributed by atoms with Crippen molar-refractivity contribution in [3.05, 3.63) is 51.5 Å². The predicted octanol–water partition coefficient (Wildman–Crippen LogP) is 2.97. The van der Waals surface area contributed by atoms with Gasteiger partial charge in [-0.1, -0.05) is 0 Å². The van der Waals surface area contributed by atoms with E-state index in [9.17, 15) is 25.0 Å². The van der Waals surface area contributed by atoms with E-state index in [4.69, 9.17) is 4.42 Å². The van der Waals surface area contributed by atoms with Crippen LogP contribution in [-0.2, 0) is 0 Å². The Kier molecular flexibility index (Phi) is 3.03. The van der Waals surface area contributed by atoms with Gasteiger partial charge in [-0.3, -0.25) is 4.79 Å². The van der Waals surface area contributed by atoms with Crippen LogP contribution in [0.4, 0.5) is 5.69 Å². The van der Waals surface area contributed by atoms with Gasteiger partial charge in [0.1, 0.15) is 39.7 Å². The van der Waals surface area contributed by atoms with E-state index in [-0.39, 0.29) is 33.9 Å². The molecule has 7 nitrogen and oxygen atoms in total. The second kappa shape index (κ2) is 4.88. The van der Waals surface area contributed by atoms with E-state index < -0.39 is 11.2 Å². The molecule has 0 bridgehead atoms. The van der Waals surface area contributed by atoms with Crippen molar-refractivity contribution in [1.82, 2.24) is 0 Å². The zero-order valence-corrected chi connectivity index (χ0v) is 11.0. The molecule has 1 heterocycles. The molecule has 0 fully saturated rings. The third-order valence-electron chi connectivity index (χ3n) is 3.15. The lowest BCUT2D eigenvalue weighted by atomic mass is 10.1. The van der Waals surface area contributed by atoms with Crippen molar-refractivity contribution in [3.8, 4) is 28.6 Å². The number of hydrogen-bond acceptors (Lipinski definition) is 7. The van der Waals surface area contributed by atoms with Gasteiger partial charge in [-0.05, 0) is 23.4 Å². The maximum atomic E-state index is 12.1. The predicted molar refractivity (Wildman–Crippen MR) is 78.4 cm³/mol. The van der Waals surface area contributed by atoms with Gasteiger partial charge in [0.15, 0.2) is 5.43 Å². The summed E-state index contributed by atoms with van der Waals surface area (Å²) in [6, 6.07) is 7.33. The fourth-order valence-corrected chi connectivity index (χ4v) is 2.15. The summed E-state index contributed by atoms with van der Waals surface area (Å²) in [6.45, 7) is 0. The number of phenols is 3. The Morgan fingerprint density at radius 3 is 2.41 bits per heavy atom. The molecular formula is C15H9NO6. The molecule has 0 unspecified atom stereocenters. The summed E-state index contributed by atoms with van der Waals surface area (Å²) in [7, 11) is 0. The molecule has 22 heavy (non-hydrogen) atoms. The third kappa shape index (κ3) is 2.14. The van der Waals surface area contributed by atoms with Crippen LogP contribution in [0.25, 0.3) is 22.3 Å². The Morgan fingerprint density at radius 1 is 0.955 bits per heavy atom. The highest BCUT2D eigenvalue weighted by molar-refractivity contribution is 5.86. The van der Waals surface area contributed by atoms with Crippen LogP contribution in [-0.4, -0.2) is 15.3 Å². The Morgan fingerprint density at radius 2 is 1.73 bits per heavy atom. The van der Waals surface area contributed by atoms with E-state index in [0.717, 1.165) is 12.1 Å². The van der Waals surface area contributed by atoms with Gasteiger partial charge in [0.2, 0.25) is 0 Å². The average Bonchev–Trinajstić information content (AvgIpc) is 2.45. The van der Waals surface area contributed by atoms with Gasteiger partial charge in [-0.2, -0.15) is 0 Å². The summed E-state index contributed by atoms with van der Waals surface area (Å²) in [5.74, 6) is -0.892. The van der Waals surface area contributed by atoms with E-state index in [2.05, 4.69) is 5.18 Å². The highest BCUT2D eigenvalue weighted by atomic mass is 16.3. The zero-order chi connectivity index (χ0) is 15.9. The van der Waals surface area contributed by atoms with Gasteiger partial charge in [0, 0.05) is 23.8 Å². The summed E-state index contributed by atoms with van der Waals surface area (Å²) in [5.41, 5.74) is -0.309. The summed E-state index contributed by atoms with van der Waals surface area (Å²) in [6.07, 6.45) is 0. The van der Waals surface area contributed by atoms with Crippen LogP contribution in [0.2, 0.25) is 0 Å². The van der Waals surface area contributed by atoms with Crippen molar-refractivity contribution in [3.63, 3.8) is 0 Å². The van der Waals surface area contributed by atoms with Gasteiger partial charge in [0.25, 0.3) is 0 Å². The second-order valence-electron chi connectivity index (χ2n) is 4.61. The molecule has 0 amide bonds. The maximum absolute atomic E-state index is 12.1. The van der Waals surface area contributed by atoms with Crippen LogP contribution in [0, 0.1) is 4.91 Å². The van der Waals surface area contributed by atoms with Crippen molar-refractivity contribution >= 4 is 16.7 Å². The van der Waals surface area contributed by atoms with Crippen molar-refractivity contribution in [2.75, 3.05) is 0 Å². The first-order valence-electron chi connectivity index (χ1n) is 6.16. The molecule has 0 saturated heterocycles. The lowest BCUT2D eigenvalue weighted by Crippen LogP contribution is -2.00. The lowest BCUT2D eigenvalue weighted by molar-refractivity contribution is 0.452. The first-order valence-corrected chi connectivity index (χ1v) is 6.16. The molecule has 0 aliphatic carbocycles. The Hall–Kier alpha value is -3.35. The highest BCUT2D eigenvalue weighted by Crippen LogP contribution is 2.34. The minimum atomic E-state index is -0.508. The molecule has 0 aliphatic heterocycles. The van der Waals surface area contributed by atoms with E-state index in [0.29, 0.717) is 5.56 Å². The van der Waals surface area contributed by atoms with Crippen molar-refractivity contribution in [2.24, 2.45) is 5.18 Å². The molecule has 1 aromatic heterocycles. The van der Waals surface area contributed by atoms with E-state index in [1.165, 1.54) is 24.3 Å². The van der Waals surface area contributed by atoms with Gasteiger partial charge in [-0.15, -0.1) is 4.91 Å². The molecule has 3 N–H and O–H groups in total. The monoisotopic (exact) mass is 299 g/mol. The Bertz CT molecular complexity index is 960. The summed E-state index contributed by atoms with van der Waals surface area (Å²) in [4.78, 5) is 22.5. The molecule has 0 aliphatic rings. The molecule has 0 atom stereocenters. The van der Waals surface area contributed by atoms with Crippen LogP contribution in [0.1, 0.15) is 0 Å². The number of aromatic hydroxyl groups is 3. The normalized spacial score (nSPS) is 10.7. The Balaban J connectivity index is 2.26. The Labute approximate surface area is 122 Å². The SMILES string of the molecule is O=Nc1ccc(-c2cc(=O)c3c(O)cc(O)cc3o2)cc1O. The van der Waals surface area contributed by atoms with Crippen molar-refractivity contribution in [2.45, 2.75) is 0 Å². The van der Waals surface area contributed by atoms with Gasteiger partial charge < -0.3 is 19.7 Å². The molecule has 110 valence electrons. The molecular weight excluding hydrogens is 290 g/mol. The number of benzene rings is 2. The summed E-state index contributed by atoms with van der Waals surface area (Å²) in [5, 5.41) is 31.4. The first-order chi connectivity index (χ1) is 10.5. The highest BCUT2D eigenvalue weighted by Gasteiger charge is 2.13. The number of fused-ring (bicyclic) bond motifs is 1. The quantitative estimate of drug-likeness (QED) is 0.625. The standard InChI is InChI=1S/C15H9NO6/c17-8-4-11(19)15-12(20)6-13(22-14(15)5-8)7-1-2-9(16-21)10(18)3-7/h1-6,17-19H.